The van der Waals surface area contributed by atoms with E-state index in [1.807, 2.05) is 6.92 Å². The standard InChI is InChI=1S/C17H22N6O4/c1-2-22-9-12(15(21-22)17(27)19-11-5-3-4-6-11)20-16(26)13-7-8-18-23(13)10-14(24)25/h7-9,11H,2-6,10H2,1H3,(H,19,27)(H,20,26)(H,24,25). The summed E-state index contributed by atoms with van der Waals surface area (Å²) in [4.78, 5) is 36.0. The monoisotopic (exact) mass is 374 g/mol. The van der Waals surface area contributed by atoms with Crippen LogP contribution >= 0.6 is 0 Å². The molecule has 27 heavy (non-hydrogen) atoms. The van der Waals surface area contributed by atoms with Crippen LogP contribution in [0.2, 0.25) is 0 Å². The lowest BCUT2D eigenvalue weighted by molar-refractivity contribution is -0.137. The van der Waals surface area contributed by atoms with Gasteiger partial charge >= 0.3 is 5.97 Å². The van der Waals surface area contributed by atoms with Crippen LogP contribution in [0.15, 0.2) is 18.5 Å². The molecule has 1 aliphatic rings. The van der Waals surface area contributed by atoms with Crippen molar-refractivity contribution in [1.29, 1.82) is 0 Å². The number of carboxylic acid groups (broad SMARTS) is 1. The van der Waals surface area contributed by atoms with E-state index in [9.17, 15) is 14.4 Å². The molecule has 0 unspecified atom stereocenters. The molecule has 10 nitrogen and oxygen atoms in total. The van der Waals surface area contributed by atoms with Crippen LogP contribution in [0.4, 0.5) is 5.69 Å². The average Bonchev–Trinajstić information content (AvgIpc) is 3.34. The quantitative estimate of drug-likeness (QED) is 0.665. The van der Waals surface area contributed by atoms with Crippen molar-refractivity contribution < 1.29 is 19.5 Å². The number of aliphatic carboxylic acids is 1. The Morgan fingerprint density at radius 3 is 2.67 bits per heavy atom. The highest BCUT2D eigenvalue weighted by Crippen LogP contribution is 2.20. The lowest BCUT2D eigenvalue weighted by Crippen LogP contribution is -2.33. The van der Waals surface area contributed by atoms with Crippen molar-refractivity contribution in [1.82, 2.24) is 24.9 Å². The summed E-state index contributed by atoms with van der Waals surface area (Å²) in [5.74, 6) is -1.99. The van der Waals surface area contributed by atoms with E-state index >= 15 is 0 Å². The Morgan fingerprint density at radius 2 is 2.00 bits per heavy atom. The summed E-state index contributed by atoms with van der Waals surface area (Å²) in [6.07, 6.45) is 6.99. The Bertz CT molecular complexity index is 849. The number of hydrogen-bond donors (Lipinski definition) is 3. The normalized spacial score (nSPS) is 14.3. The fourth-order valence-electron chi connectivity index (χ4n) is 3.13. The van der Waals surface area contributed by atoms with E-state index in [0.29, 0.717) is 6.54 Å². The highest BCUT2D eigenvalue weighted by Gasteiger charge is 2.24. The molecule has 1 fully saturated rings. The third-order valence-corrected chi connectivity index (χ3v) is 4.47. The van der Waals surface area contributed by atoms with Gasteiger partial charge in [-0.15, -0.1) is 0 Å². The first-order chi connectivity index (χ1) is 13.0. The Balaban J connectivity index is 1.78. The number of rotatable bonds is 7. The third-order valence-electron chi connectivity index (χ3n) is 4.47. The number of aromatic nitrogens is 4. The first-order valence-corrected chi connectivity index (χ1v) is 8.91. The van der Waals surface area contributed by atoms with E-state index in [4.69, 9.17) is 5.11 Å². The number of aryl methyl sites for hydroxylation is 1. The summed E-state index contributed by atoms with van der Waals surface area (Å²) in [5.41, 5.74) is 0.505. The zero-order valence-electron chi connectivity index (χ0n) is 15.0. The van der Waals surface area contributed by atoms with Crippen LogP contribution in [0, 0.1) is 0 Å². The van der Waals surface area contributed by atoms with Crippen molar-refractivity contribution in [2.45, 2.75) is 51.7 Å². The van der Waals surface area contributed by atoms with Gasteiger partial charge in [0.1, 0.15) is 12.2 Å². The Morgan fingerprint density at radius 1 is 1.26 bits per heavy atom. The van der Waals surface area contributed by atoms with Gasteiger partial charge in [-0.05, 0) is 25.8 Å². The summed E-state index contributed by atoms with van der Waals surface area (Å²) in [6, 6.07) is 1.55. The molecule has 2 heterocycles. The smallest absolute Gasteiger partial charge is 0.325 e. The van der Waals surface area contributed by atoms with E-state index in [-0.39, 0.29) is 29.0 Å². The van der Waals surface area contributed by atoms with Gasteiger partial charge in [0.2, 0.25) is 0 Å². The van der Waals surface area contributed by atoms with Crippen LogP contribution < -0.4 is 10.6 Å². The Hall–Kier alpha value is -3.17. The van der Waals surface area contributed by atoms with Crippen LogP contribution in [0.5, 0.6) is 0 Å². The molecule has 1 saturated carbocycles. The molecule has 1 aliphatic carbocycles. The van der Waals surface area contributed by atoms with Gasteiger partial charge in [-0.2, -0.15) is 10.2 Å². The minimum atomic E-state index is -1.11. The van der Waals surface area contributed by atoms with Gasteiger partial charge in [-0.25, -0.2) is 4.68 Å². The van der Waals surface area contributed by atoms with Gasteiger partial charge in [0.15, 0.2) is 5.69 Å². The molecule has 3 rings (SSSR count). The van der Waals surface area contributed by atoms with Crippen LogP contribution in [-0.2, 0) is 17.9 Å². The van der Waals surface area contributed by atoms with Gasteiger partial charge in [-0.1, -0.05) is 12.8 Å². The van der Waals surface area contributed by atoms with E-state index in [0.717, 1.165) is 30.4 Å². The highest BCUT2D eigenvalue weighted by atomic mass is 16.4. The molecule has 0 atom stereocenters. The lowest BCUT2D eigenvalue weighted by Gasteiger charge is -2.11. The predicted octanol–water partition coefficient (Wildman–Crippen LogP) is 1.11. The van der Waals surface area contributed by atoms with Crippen molar-refractivity contribution in [3.8, 4) is 0 Å². The third kappa shape index (κ3) is 4.33. The first-order valence-electron chi connectivity index (χ1n) is 8.91. The van der Waals surface area contributed by atoms with E-state index < -0.39 is 18.4 Å². The SMILES string of the molecule is CCn1cc(NC(=O)c2ccnn2CC(=O)O)c(C(=O)NC2CCCC2)n1. The molecular weight excluding hydrogens is 352 g/mol. The van der Waals surface area contributed by atoms with Crippen molar-refractivity contribution in [2.75, 3.05) is 5.32 Å². The van der Waals surface area contributed by atoms with Crippen LogP contribution in [0.1, 0.15) is 53.6 Å². The van der Waals surface area contributed by atoms with Crippen molar-refractivity contribution in [3.63, 3.8) is 0 Å². The zero-order chi connectivity index (χ0) is 19.4. The van der Waals surface area contributed by atoms with Crippen molar-refractivity contribution in [2.24, 2.45) is 0 Å². The number of anilines is 1. The molecule has 0 spiro atoms. The zero-order valence-corrected chi connectivity index (χ0v) is 15.0. The van der Waals surface area contributed by atoms with Crippen molar-refractivity contribution in [3.05, 3.63) is 29.8 Å². The number of amides is 2. The summed E-state index contributed by atoms with van der Waals surface area (Å²) in [6.45, 7) is 1.98. The maximum absolute atomic E-state index is 12.6. The fraction of sp³-hybridized carbons (Fsp3) is 0.471. The van der Waals surface area contributed by atoms with Gasteiger partial charge in [0.05, 0.1) is 5.69 Å². The molecule has 0 saturated heterocycles. The molecule has 2 amide bonds. The van der Waals surface area contributed by atoms with Crippen LogP contribution in [0.25, 0.3) is 0 Å². The van der Waals surface area contributed by atoms with Crippen molar-refractivity contribution >= 4 is 23.5 Å². The number of carbonyl (C=O) groups is 3. The highest BCUT2D eigenvalue weighted by molar-refractivity contribution is 6.07. The molecule has 3 N–H and O–H groups in total. The predicted molar refractivity (Wildman–Crippen MR) is 95.4 cm³/mol. The molecule has 0 aromatic carbocycles. The molecular formula is C17H22N6O4. The second kappa shape index (κ2) is 8.02. The first kappa shape index (κ1) is 18.6. The Kier molecular flexibility index (Phi) is 5.53. The fourth-order valence-corrected chi connectivity index (χ4v) is 3.13. The van der Waals surface area contributed by atoms with Crippen LogP contribution in [0.3, 0.4) is 0 Å². The minimum absolute atomic E-state index is 0.0869. The van der Waals surface area contributed by atoms with Gasteiger partial charge in [0, 0.05) is 25.0 Å². The summed E-state index contributed by atoms with van der Waals surface area (Å²) in [7, 11) is 0. The van der Waals surface area contributed by atoms with Gasteiger partial charge in [-0.3, -0.25) is 19.1 Å². The molecule has 2 aromatic rings. The number of hydrogen-bond acceptors (Lipinski definition) is 5. The lowest BCUT2D eigenvalue weighted by atomic mass is 10.2. The van der Waals surface area contributed by atoms with E-state index in [1.54, 1.807) is 10.9 Å². The average molecular weight is 374 g/mol. The molecule has 0 bridgehead atoms. The Labute approximate surface area is 155 Å². The molecule has 10 heteroatoms. The minimum Gasteiger partial charge on any atom is -0.480 e. The second-order valence-electron chi connectivity index (χ2n) is 6.42. The molecule has 0 radical (unpaired) electrons. The molecule has 144 valence electrons. The van der Waals surface area contributed by atoms with Gasteiger partial charge in [0.25, 0.3) is 11.8 Å². The topological polar surface area (TPSA) is 131 Å². The molecule has 2 aromatic heterocycles. The largest absolute Gasteiger partial charge is 0.480 e. The maximum atomic E-state index is 12.6. The number of carboxylic acids is 1. The van der Waals surface area contributed by atoms with E-state index in [2.05, 4.69) is 20.8 Å². The summed E-state index contributed by atoms with van der Waals surface area (Å²) in [5, 5.41) is 22.6. The number of carbonyl (C=O) groups excluding carboxylic acids is 2. The van der Waals surface area contributed by atoms with Gasteiger partial charge < -0.3 is 15.7 Å². The molecule has 0 aliphatic heterocycles. The maximum Gasteiger partial charge on any atom is 0.325 e. The number of nitrogens with one attached hydrogen (secondary N) is 2. The summed E-state index contributed by atoms with van der Waals surface area (Å²) >= 11 is 0. The summed E-state index contributed by atoms with van der Waals surface area (Å²) < 4.78 is 2.65. The van der Waals surface area contributed by atoms with Crippen LogP contribution in [-0.4, -0.2) is 48.5 Å². The second-order valence-corrected chi connectivity index (χ2v) is 6.42. The number of nitrogens with zero attached hydrogens (tertiary/aromatic N) is 4. The van der Waals surface area contributed by atoms with E-state index in [1.165, 1.54) is 12.3 Å².